The molecule has 23 heavy (non-hydrogen) atoms. The van der Waals surface area contributed by atoms with Gasteiger partial charge >= 0.3 is 0 Å². The first kappa shape index (κ1) is 19.4. The van der Waals surface area contributed by atoms with Gasteiger partial charge in [-0.1, -0.05) is 18.6 Å². The molecule has 0 aliphatic rings. The summed E-state index contributed by atoms with van der Waals surface area (Å²) < 4.78 is 5.38. The van der Waals surface area contributed by atoms with Crippen LogP contribution in [0.2, 0.25) is 0 Å². The zero-order chi connectivity index (χ0) is 16.1. The molecule has 0 saturated heterocycles. The molecule has 0 radical (unpaired) electrons. The number of nitrogens with one attached hydrogen (secondary N) is 2. The van der Waals surface area contributed by atoms with Gasteiger partial charge in [-0.3, -0.25) is 4.79 Å². The first-order valence-electron chi connectivity index (χ1n) is 7.11. The van der Waals surface area contributed by atoms with E-state index in [1.807, 2.05) is 44.5 Å². The molecule has 0 bridgehead atoms. The number of carbonyl (C=O) groups is 1. The van der Waals surface area contributed by atoms with Gasteiger partial charge in [0.2, 0.25) is 5.91 Å². The van der Waals surface area contributed by atoms with E-state index in [0.29, 0.717) is 11.7 Å². The summed E-state index contributed by atoms with van der Waals surface area (Å²) in [6, 6.07) is 5.96. The van der Waals surface area contributed by atoms with E-state index in [1.165, 1.54) is 11.3 Å². The molecule has 0 fully saturated rings. The van der Waals surface area contributed by atoms with Gasteiger partial charge in [-0.15, -0.1) is 23.7 Å². The Hall–Kier alpha value is -1.63. The summed E-state index contributed by atoms with van der Waals surface area (Å²) in [5, 5.41) is 8.38. The highest BCUT2D eigenvalue weighted by Crippen LogP contribution is 2.33. The van der Waals surface area contributed by atoms with Crippen LogP contribution in [0, 0.1) is 12.8 Å². The molecule has 2 aromatic rings. The Morgan fingerprint density at radius 2 is 2.17 bits per heavy atom. The lowest BCUT2D eigenvalue weighted by Gasteiger charge is -2.09. The summed E-state index contributed by atoms with van der Waals surface area (Å²) in [5.74, 6) is 0.634. The van der Waals surface area contributed by atoms with Crippen molar-refractivity contribution in [1.82, 2.24) is 10.3 Å². The van der Waals surface area contributed by atoms with Gasteiger partial charge in [0.15, 0.2) is 5.13 Å². The minimum atomic E-state index is -0.106. The molecule has 0 spiro atoms. The van der Waals surface area contributed by atoms with Gasteiger partial charge in [0, 0.05) is 23.4 Å². The number of methoxy groups -OCH3 is 1. The van der Waals surface area contributed by atoms with E-state index < -0.39 is 0 Å². The van der Waals surface area contributed by atoms with Crippen molar-refractivity contribution in [3.05, 3.63) is 29.1 Å². The highest BCUT2D eigenvalue weighted by atomic mass is 35.5. The van der Waals surface area contributed by atoms with Crippen molar-refractivity contribution >= 4 is 34.8 Å². The van der Waals surface area contributed by atoms with Crippen LogP contribution < -0.4 is 15.4 Å². The Morgan fingerprint density at radius 3 is 2.83 bits per heavy atom. The maximum Gasteiger partial charge on any atom is 0.230 e. The molecule has 1 aromatic heterocycles. The van der Waals surface area contributed by atoms with Crippen LogP contribution in [0.3, 0.4) is 0 Å². The maximum absolute atomic E-state index is 12.0. The molecule has 0 aliphatic heterocycles. The quantitative estimate of drug-likeness (QED) is 0.834. The summed E-state index contributed by atoms with van der Waals surface area (Å²) >= 11 is 1.41. The average molecular weight is 356 g/mol. The third-order valence-electron chi connectivity index (χ3n) is 3.32. The third-order valence-corrected chi connectivity index (χ3v) is 4.08. The van der Waals surface area contributed by atoms with Gasteiger partial charge in [-0.05, 0) is 26.1 Å². The molecular formula is C16H22ClN3O2S. The number of ether oxygens (including phenoxy) is 1. The number of thiazole rings is 1. The fourth-order valence-corrected chi connectivity index (χ4v) is 2.82. The number of anilines is 1. The fraction of sp³-hybridized carbons (Fsp3) is 0.375. The smallest absolute Gasteiger partial charge is 0.230 e. The fourth-order valence-electron chi connectivity index (χ4n) is 2.10. The minimum Gasteiger partial charge on any atom is -0.496 e. The third kappa shape index (κ3) is 4.92. The standard InChI is InChI=1S/C16H21N3O2S.ClH/c1-10-5-6-14(21-4)12(7-10)13-9-22-16(18-13)19-15(20)11(2)8-17-3;/h5-7,9,11,17H,8H2,1-4H3,(H,18,19,20);1H. The summed E-state index contributed by atoms with van der Waals surface area (Å²) in [7, 11) is 3.47. The molecule has 1 aromatic carbocycles. The van der Waals surface area contributed by atoms with Crippen molar-refractivity contribution in [2.75, 3.05) is 26.0 Å². The number of halogens is 1. The SMILES string of the molecule is CNCC(C)C(=O)Nc1nc(-c2cc(C)ccc2OC)cs1.Cl. The van der Waals surface area contributed by atoms with Crippen LogP contribution in [-0.4, -0.2) is 31.6 Å². The number of rotatable bonds is 6. The van der Waals surface area contributed by atoms with Crippen molar-refractivity contribution in [2.45, 2.75) is 13.8 Å². The van der Waals surface area contributed by atoms with Crippen molar-refractivity contribution in [2.24, 2.45) is 5.92 Å². The summed E-state index contributed by atoms with van der Waals surface area (Å²) in [4.78, 5) is 16.5. The average Bonchev–Trinajstić information content (AvgIpc) is 2.95. The van der Waals surface area contributed by atoms with Crippen LogP contribution in [0.25, 0.3) is 11.3 Å². The van der Waals surface area contributed by atoms with Crippen molar-refractivity contribution in [3.8, 4) is 17.0 Å². The van der Waals surface area contributed by atoms with Gasteiger partial charge in [0.25, 0.3) is 0 Å². The maximum atomic E-state index is 12.0. The minimum absolute atomic E-state index is 0. The number of aromatic nitrogens is 1. The molecule has 1 heterocycles. The number of amides is 1. The first-order chi connectivity index (χ1) is 10.5. The van der Waals surface area contributed by atoms with Crippen LogP contribution in [-0.2, 0) is 4.79 Å². The van der Waals surface area contributed by atoms with Gasteiger partial charge in [0.1, 0.15) is 5.75 Å². The first-order valence-corrected chi connectivity index (χ1v) is 7.99. The van der Waals surface area contributed by atoms with Crippen LogP contribution in [0.4, 0.5) is 5.13 Å². The lowest BCUT2D eigenvalue weighted by Crippen LogP contribution is -2.28. The summed E-state index contributed by atoms with van der Waals surface area (Å²) in [6.45, 7) is 4.54. The Kier molecular flexibility index (Phi) is 7.48. The van der Waals surface area contributed by atoms with E-state index >= 15 is 0 Å². The van der Waals surface area contributed by atoms with E-state index in [2.05, 4.69) is 15.6 Å². The number of hydrogen-bond acceptors (Lipinski definition) is 5. The molecule has 2 N–H and O–H groups in total. The van der Waals surface area contributed by atoms with Crippen molar-refractivity contribution in [3.63, 3.8) is 0 Å². The monoisotopic (exact) mass is 355 g/mol. The van der Waals surface area contributed by atoms with Gasteiger partial charge < -0.3 is 15.4 Å². The van der Waals surface area contributed by atoms with Gasteiger partial charge in [-0.2, -0.15) is 0 Å². The Balaban J connectivity index is 0.00000264. The second-order valence-corrected chi connectivity index (χ2v) is 6.05. The zero-order valence-electron chi connectivity index (χ0n) is 13.7. The molecule has 1 unspecified atom stereocenters. The lowest BCUT2D eigenvalue weighted by atomic mass is 10.1. The van der Waals surface area contributed by atoms with Crippen LogP contribution in [0.15, 0.2) is 23.6 Å². The second kappa shape index (κ2) is 8.86. The molecule has 126 valence electrons. The Morgan fingerprint density at radius 1 is 1.43 bits per heavy atom. The topological polar surface area (TPSA) is 63.2 Å². The van der Waals surface area contributed by atoms with E-state index in [0.717, 1.165) is 22.6 Å². The number of nitrogens with zero attached hydrogens (tertiary/aromatic N) is 1. The Labute approximate surface area is 146 Å². The number of carbonyl (C=O) groups excluding carboxylic acids is 1. The van der Waals surface area contributed by atoms with E-state index in [4.69, 9.17) is 4.74 Å². The largest absolute Gasteiger partial charge is 0.496 e. The van der Waals surface area contributed by atoms with E-state index in [-0.39, 0.29) is 24.2 Å². The van der Waals surface area contributed by atoms with E-state index in [1.54, 1.807) is 7.11 Å². The molecular weight excluding hydrogens is 334 g/mol. The van der Waals surface area contributed by atoms with Crippen LogP contribution in [0.5, 0.6) is 5.75 Å². The number of aryl methyl sites for hydroxylation is 1. The molecule has 1 amide bonds. The molecule has 7 heteroatoms. The molecule has 2 rings (SSSR count). The predicted octanol–water partition coefficient (Wildman–Crippen LogP) is 3.34. The molecule has 0 aliphatic carbocycles. The zero-order valence-corrected chi connectivity index (χ0v) is 15.3. The molecule has 0 saturated carbocycles. The second-order valence-electron chi connectivity index (χ2n) is 5.19. The highest BCUT2D eigenvalue weighted by Gasteiger charge is 2.15. The Bertz CT molecular complexity index is 661. The van der Waals surface area contributed by atoms with Crippen molar-refractivity contribution in [1.29, 1.82) is 0 Å². The summed E-state index contributed by atoms with van der Waals surface area (Å²) in [6.07, 6.45) is 0. The molecule has 1 atom stereocenters. The molecule has 5 nitrogen and oxygen atoms in total. The van der Waals surface area contributed by atoms with Crippen LogP contribution in [0.1, 0.15) is 12.5 Å². The summed E-state index contributed by atoms with van der Waals surface area (Å²) in [5.41, 5.74) is 2.88. The van der Waals surface area contributed by atoms with Gasteiger partial charge in [0.05, 0.1) is 12.8 Å². The highest BCUT2D eigenvalue weighted by molar-refractivity contribution is 7.14. The van der Waals surface area contributed by atoms with E-state index in [9.17, 15) is 4.79 Å². The normalized spacial score (nSPS) is 11.5. The lowest BCUT2D eigenvalue weighted by molar-refractivity contribution is -0.119. The number of hydrogen-bond donors (Lipinski definition) is 2. The predicted molar refractivity (Wildman–Crippen MR) is 97.8 cm³/mol. The van der Waals surface area contributed by atoms with Gasteiger partial charge in [-0.25, -0.2) is 4.98 Å². The van der Waals surface area contributed by atoms with Crippen LogP contribution >= 0.6 is 23.7 Å². The van der Waals surface area contributed by atoms with Crippen molar-refractivity contribution < 1.29 is 9.53 Å². The number of benzene rings is 1.